The predicted octanol–water partition coefficient (Wildman–Crippen LogP) is 5.49. The number of fused-ring (bicyclic) bond motifs is 9. The van der Waals surface area contributed by atoms with Gasteiger partial charge in [-0.05, 0) is 56.7 Å². The third kappa shape index (κ3) is 12.2. The Morgan fingerprint density at radius 3 is 1.40 bits per heavy atom. The minimum Gasteiger partial charge on any atom is -0.466 e. The van der Waals surface area contributed by atoms with Crippen LogP contribution in [0.15, 0.2) is 36.8 Å². The lowest BCUT2D eigenvalue weighted by Gasteiger charge is -2.52. The zero-order valence-electron chi connectivity index (χ0n) is 37.0. The Balaban J connectivity index is 0.000000172. The Labute approximate surface area is 393 Å². The summed E-state index contributed by atoms with van der Waals surface area (Å²) in [7, 11) is 0. The summed E-state index contributed by atoms with van der Waals surface area (Å²) < 4.78 is 27.2. The number of ether oxygens (including phenoxy) is 5. The molecule has 0 aliphatic carbocycles. The van der Waals surface area contributed by atoms with Crippen molar-refractivity contribution in [2.75, 3.05) is 87.2 Å². The molecule has 3 fully saturated rings. The highest BCUT2D eigenvalue weighted by Gasteiger charge is 2.47. The highest BCUT2D eigenvalue weighted by molar-refractivity contribution is 6.31. The first-order valence-electron chi connectivity index (χ1n) is 21.7. The Bertz CT molecular complexity index is 2050. The largest absolute Gasteiger partial charge is 0.466 e. The topological polar surface area (TPSA) is 197 Å². The van der Waals surface area contributed by atoms with E-state index in [9.17, 15) is 9.59 Å². The Morgan fingerprint density at radius 1 is 0.631 bits per heavy atom. The van der Waals surface area contributed by atoms with Crippen LogP contribution in [0.25, 0.3) is 0 Å². The molecule has 0 N–H and O–H groups in total. The summed E-state index contributed by atoms with van der Waals surface area (Å²) in [5.41, 5.74) is 6.56. The van der Waals surface area contributed by atoms with Gasteiger partial charge in [-0.25, -0.2) is 0 Å². The van der Waals surface area contributed by atoms with Crippen molar-refractivity contribution in [2.24, 2.45) is 17.3 Å². The van der Waals surface area contributed by atoms with E-state index in [1.165, 1.54) is 11.4 Å². The third-order valence-corrected chi connectivity index (χ3v) is 13.3. The van der Waals surface area contributed by atoms with E-state index in [1.54, 1.807) is 18.6 Å². The minimum absolute atomic E-state index is 0.00978. The monoisotopic (exact) mass is 960 g/mol. The van der Waals surface area contributed by atoms with Crippen LogP contribution >= 0.6 is 34.8 Å². The normalized spacial score (nSPS) is 22.8. The smallest absolute Gasteiger partial charge is 0.373 e. The van der Waals surface area contributed by atoms with Crippen LogP contribution in [0.5, 0.6) is 0 Å². The van der Waals surface area contributed by atoms with Crippen molar-refractivity contribution in [1.82, 2.24) is 15.0 Å². The number of aromatic nitrogens is 3. The molecule has 0 radical (unpaired) electrons. The van der Waals surface area contributed by atoms with E-state index in [0.717, 1.165) is 79.9 Å². The second-order valence-corrected chi connectivity index (χ2v) is 17.2. The van der Waals surface area contributed by atoms with Gasteiger partial charge in [0.25, 0.3) is 0 Å². The fourth-order valence-electron chi connectivity index (χ4n) is 9.57. The van der Waals surface area contributed by atoms with E-state index in [1.807, 2.05) is 26.0 Å². The van der Waals surface area contributed by atoms with Crippen molar-refractivity contribution in [2.45, 2.75) is 77.9 Å². The number of anilines is 3. The third-order valence-electron chi connectivity index (χ3n) is 12.7. The van der Waals surface area contributed by atoms with Gasteiger partial charge < -0.3 is 38.4 Å². The van der Waals surface area contributed by atoms with Gasteiger partial charge in [-0.3, -0.25) is 24.5 Å². The zero-order chi connectivity index (χ0) is 47.1. The van der Waals surface area contributed by atoms with Crippen LogP contribution in [0.1, 0.15) is 57.6 Å². The molecule has 3 aromatic rings. The molecule has 0 bridgehead atoms. The molecule has 9 rings (SSSR count). The first-order valence-corrected chi connectivity index (χ1v) is 22.9. The zero-order valence-corrected chi connectivity index (χ0v) is 39.2. The van der Waals surface area contributed by atoms with Gasteiger partial charge in [0.15, 0.2) is 0 Å². The van der Waals surface area contributed by atoms with Gasteiger partial charge in [0, 0.05) is 51.1 Å². The summed E-state index contributed by atoms with van der Waals surface area (Å²) >= 11 is 18.2. The van der Waals surface area contributed by atoms with Crippen LogP contribution in [-0.2, 0) is 71.7 Å². The van der Waals surface area contributed by atoms with E-state index in [4.69, 9.17) is 77.7 Å². The first kappa shape index (κ1) is 51.3. The number of rotatable bonds is 6. The maximum Gasteiger partial charge on any atom is 0.373 e. The van der Waals surface area contributed by atoms with Crippen LogP contribution in [0, 0.1) is 17.3 Å². The standard InChI is InChI=1S/C15H21ClN2O.2C14H17ClN2O3.2CO2/c1-3-15(4-2)8-12-13(7-11(16)9-17-12)18-5-6-19-10-14(15)18;2*1-2-20-14(18)10-6-11-12(5-9(15)7-16-11)17-3-4-19-8-13(10)17;2*2-1-3/h7,9,14H,3-6,8,10H2,1-2H3;2*5,7,10,13H,2-4,6,8H2,1H3;;. The molecule has 0 saturated carbocycles. The van der Waals surface area contributed by atoms with Crippen LogP contribution < -0.4 is 14.7 Å². The molecule has 0 amide bonds. The number of halogens is 3. The maximum absolute atomic E-state index is 12.2. The molecule has 352 valence electrons. The summed E-state index contributed by atoms with van der Waals surface area (Å²) in [6, 6.07) is 6.39. The fourth-order valence-corrected chi connectivity index (χ4v) is 10.0. The van der Waals surface area contributed by atoms with Crippen molar-refractivity contribution in [3.05, 3.63) is 68.9 Å². The van der Waals surface area contributed by atoms with E-state index in [0.29, 0.717) is 68.6 Å². The molecule has 65 heavy (non-hydrogen) atoms. The second kappa shape index (κ2) is 24.7. The van der Waals surface area contributed by atoms with E-state index in [2.05, 4.69) is 49.6 Å². The first-order chi connectivity index (χ1) is 31.4. The van der Waals surface area contributed by atoms with Gasteiger partial charge in [0.2, 0.25) is 0 Å². The molecule has 0 aromatic carbocycles. The highest BCUT2D eigenvalue weighted by Crippen LogP contribution is 2.46. The van der Waals surface area contributed by atoms with E-state index < -0.39 is 0 Å². The molecule has 5 atom stereocenters. The number of nitrogens with zero attached hydrogens (tertiary/aromatic N) is 6. The van der Waals surface area contributed by atoms with Crippen LogP contribution in [0.2, 0.25) is 15.1 Å². The minimum atomic E-state index is -0.226. The number of pyridine rings is 3. The molecular formula is C45H55Cl3N6O11. The van der Waals surface area contributed by atoms with Crippen molar-refractivity contribution >= 4 is 76.1 Å². The lowest BCUT2D eigenvalue weighted by atomic mass is 9.68. The van der Waals surface area contributed by atoms with Gasteiger partial charge in [0.05, 0.1) is 132 Å². The molecule has 6 aliphatic rings. The van der Waals surface area contributed by atoms with E-state index >= 15 is 0 Å². The lowest BCUT2D eigenvalue weighted by molar-refractivity contribution is -0.193. The molecule has 3 aromatic heterocycles. The highest BCUT2D eigenvalue weighted by atomic mass is 35.5. The average molecular weight is 962 g/mol. The number of esters is 2. The number of hydrogen-bond donors (Lipinski definition) is 0. The SMILES string of the molecule is CCC1(CC)Cc2ncc(Cl)cc2N2CCOCC21.CCOC(=O)C1Cc2ncc(Cl)cc2N2CCOCC12.CCOC(=O)C1Cc2ncc(Cl)cc2N2CCOCC12.O=C=O.O=C=O. The predicted molar refractivity (Wildman–Crippen MR) is 238 cm³/mol. The van der Waals surface area contributed by atoms with Gasteiger partial charge in [0.1, 0.15) is 0 Å². The molecule has 0 spiro atoms. The molecule has 6 aliphatic heterocycles. The van der Waals surface area contributed by atoms with Gasteiger partial charge in [-0.1, -0.05) is 48.7 Å². The molecule has 17 nitrogen and oxygen atoms in total. The van der Waals surface area contributed by atoms with Gasteiger partial charge in [-0.2, -0.15) is 19.2 Å². The maximum atomic E-state index is 12.2. The molecule has 3 saturated heterocycles. The number of carbonyl (C=O) groups is 2. The number of hydrogen-bond acceptors (Lipinski definition) is 17. The number of carbonyl (C=O) groups excluding carboxylic acids is 6. The van der Waals surface area contributed by atoms with Gasteiger partial charge >= 0.3 is 24.2 Å². The van der Waals surface area contributed by atoms with E-state index in [-0.39, 0.29) is 53.6 Å². The second-order valence-electron chi connectivity index (χ2n) is 15.9. The van der Waals surface area contributed by atoms with Crippen molar-refractivity contribution in [3.63, 3.8) is 0 Å². The van der Waals surface area contributed by atoms with Crippen LogP contribution in [0.4, 0.5) is 17.1 Å². The van der Waals surface area contributed by atoms with Gasteiger partial charge in [-0.15, -0.1) is 0 Å². The Morgan fingerprint density at radius 2 is 1.00 bits per heavy atom. The summed E-state index contributed by atoms with van der Waals surface area (Å²) in [4.78, 5) is 77.0. The number of morpholine rings is 3. The Hall–Kier alpha value is -4.70. The van der Waals surface area contributed by atoms with Crippen LogP contribution in [-0.4, -0.2) is 130 Å². The van der Waals surface area contributed by atoms with Crippen molar-refractivity contribution in [1.29, 1.82) is 0 Å². The fraction of sp³-hybridized carbons (Fsp3) is 0.578. The molecule has 20 heteroatoms. The summed E-state index contributed by atoms with van der Waals surface area (Å²) in [5, 5.41) is 1.96. The van der Waals surface area contributed by atoms with Crippen molar-refractivity contribution < 1.29 is 52.5 Å². The molecule has 9 heterocycles. The average Bonchev–Trinajstić information content (AvgIpc) is 3.32. The lowest BCUT2D eigenvalue weighted by Crippen LogP contribution is -2.58. The summed E-state index contributed by atoms with van der Waals surface area (Å²) in [6.45, 7) is 15.4. The van der Waals surface area contributed by atoms with Crippen LogP contribution in [0.3, 0.4) is 0 Å². The molecular weight excluding hydrogens is 907 g/mol. The van der Waals surface area contributed by atoms with Crippen molar-refractivity contribution in [3.8, 4) is 0 Å². The summed E-state index contributed by atoms with van der Waals surface area (Å²) in [6.07, 6.45) is 10.1. The quantitative estimate of drug-likeness (QED) is 0.281. The summed E-state index contributed by atoms with van der Waals surface area (Å²) in [5.74, 6) is -0.793. The molecule has 5 unspecified atom stereocenters. The Kier molecular flexibility index (Phi) is 19.5.